The Balaban J connectivity index is 1.99. The van der Waals surface area contributed by atoms with Gasteiger partial charge in [-0.1, -0.05) is 13.3 Å². The van der Waals surface area contributed by atoms with Gasteiger partial charge in [0.1, 0.15) is 23.0 Å². The molecule has 1 aliphatic heterocycles. The molecule has 1 aromatic carbocycles. The first-order valence-electron chi connectivity index (χ1n) is 8.43. The van der Waals surface area contributed by atoms with E-state index < -0.39 is 11.4 Å². The van der Waals surface area contributed by atoms with Crippen LogP contribution < -0.4 is 10.4 Å². The second-order valence-electron chi connectivity index (χ2n) is 6.51. The van der Waals surface area contributed by atoms with E-state index in [1.54, 1.807) is 0 Å². The average Bonchev–Trinajstić information content (AvgIpc) is 2.50. The van der Waals surface area contributed by atoms with Crippen LogP contribution in [0.4, 0.5) is 0 Å². The van der Waals surface area contributed by atoms with Crippen molar-refractivity contribution in [1.82, 2.24) is 0 Å². The molecule has 0 aliphatic carbocycles. The van der Waals surface area contributed by atoms with Gasteiger partial charge >= 0.3 is 5.63 Å². The highest BCUT2D eigenvalue weighted by Gasteiger charge is 2.39. The SMILES string of the molecule is CCCCC1(O)CC(=O)c2c(Cc3cc(O)cc(=O)o3)cc(O)cc2O1. The number of ether oxygens (including phenoxy) is 1. The van der Waals surface area contributed by atoms with Gasteiger partial charge in [0.25, 0.3) is 0 Å². The first kappa shape index (κ1) is 18.0. The number of benzene rings is 1. The molecule has 1 atom stereocenters. The van der Waals surface area contributed by atoms with Gasteiger partial charge in [0.2, 0.25) is 5.79 Å². The van der Waals surface area contributed by atoms with E-state index in [1.165, 1.54) is 18.2 Å². The lowest BCUT2D eigenvalue weighted by atomic mass is 9.90. The number of fused-ring (bicyclic) bond motifs is 1. The van der Waals surface area contributed by atoms with Gasteiger partial charge in [0.05, 0.1) is 18.1 Å². The zero-order chi connectivity index (χ0) is 18.9. The Bertz CT molecular complexity index is 899. The van der Waals surface area contributed by atoms with Crippen LogP contribution in [0.5, 0.6) is 17.2 Å². The molecule has 2 aromatic rings. The van der Waals surface area contributed by atoms with Crippen molar-refractivity contribution in [3.63, 3.8) is 0 Å². The summed E-state index contributed by atoms with van der Waals surface area (Å²) < 4.78 is 10.7. The molecule has 0 fully saturated rings. The van der Waals surface area contributed by atoms with E-state index in [4.69, 9.17) is 9.15 Å². The molecule has 7 nitrogen and oxygen atoms in total. The number of Topliss-reactive ketones (excluding diaryl/α,β-unsaturated/α-hetero) is 1. The highest BCUT2D eigenvalue weighted by molar-refractivity contribution is 6.02. The number of hydrogen-bond donors (Lipinski definition) is 3. The number of ketones is 1. The van der Waals surface area contributed by atoms with Crippen molar-refractivity contribution >= 4 is 5.78 Å². The fraction of sp³-hybridized carbons (Fsp3) is 0.368. The molecule has 26 heavy (non-hydrogen) atoms. The minimum atomic E-state index is -1.59. The van der Waals surface area contributed by atoms with Gasteiger partial charge in [-0.05, 0) is 18.1 Å². The van der Waals surface area contributed by atoms with Crippen molar-refractivity contribution in [3.05, 3.63) is 51.6 Å². The van der Waals surface area contributed by atoms with E-state index >= 15 is 0 Å². The highest BCUT2D eigenvalue weighted by atomic mass is 16.6. The minimum absolute atomic E-state index is 0.00284. The predicted molar refractivity (Wildman–Crippen MR) is 91.6 cm³/mol. The first-order chi connectivity index (χ1) is 12.3. The normalized spacial score (nSPS) is 19.1. The minimum Gasteiger partial charge on any atom is -0.508 e. The molecule has 7 heteroatoms. The first-order valence-corrected chi connectivity index (χ1v) is 8.43. The summed E-state index contributed by atoms with van der Waals surface area (Å²) in [5.41, 5.74) is -0.100. The van der Waals surface area contributed by atoms with Gasteiger partial charge in [-0.15, -0.1) is 0 Å². The van der Waals surface area contributed by atoms with Gasteiger partial charge in [-0.3, -0.25) is 4.79 Å². The fourth-order valence-electron chi connectivity index (χ4n) is 3.16. The largest absolute Gasteiger partial charge is 0.508 e. The topological polar surface area (TPSA) is 117 Å². The standard InChI is InChI=1S/C19H20O7/c1-2-3-4-19(24)10-15(22)18-11(5-12(20)8-16(18)26-19)6-14-7-13(21)9-17(23)25-14/h5,7-9,20-21,24H,2-4,6,10H2,1H3. The van der Waals surface area contributed by atoms with Crippen LogP contribution in [0.3, 0.4) is 0 Å². The fourth-order valence-corrected chi connectivity index (χ4v) is 3.16. The summed E-state index contributed by atoms with van der Waals surface area (Å²) in [7, 11) is 0. The van der Waals surface area contributed by atoms with Gasteiger partial charge in [-0.2, -0.15) is 0 Å². The summed E-state index contributed by atoms with van der Waals surface area (Å²) in [6, 6.07) is 4.86. The molecule has 0 spiro atoms. The molecule has 138 valence electrons. The summed E-state index contributed by atoms with van der Waals surface area (Å²) in [6.45, 7) is 1.97. The summed E-state index contributed by atoms with van der Waals surface area (Å²) in [6.07, 6.45) is 1.65. The van der Waals surface area contributed by atoms with Gasteiger partial charge in [0, 0.05) is 25.0 Å². The monoisotopic (exact) mass is 360 g/mol. The van der Waals surface area contributed by atoms with Crippen molar-refractivity contribution in [2.45, 2.75) is 44.8 Å². The maximum absolute atomic E-state index is 12.7. The average molecular weight is 360 g/mol. The maximum atomic E-state index is 12.7. The second-order valence-corrected chi connectivity index (χ2v) is 6.51. The van der Waals surface area contributed by atoms with Crippen molar-refractivity contribution in [1.29, 1.82) is 0 Å². The number of phenols is 1. The number of phenolic OH excluding ortho intramolecular Hbond substituents is 1. The predicted octanol–water partition coefficient (Wildman–Crippen LogP) is 2.49. The van der Waals surface area contributed by atoms with E-state index in [0.29, 0.717) is 18.4 Å². The van der Waals surface area contributed by atoms with Gasteiger partial charge in [0.15, 0.2) is 5.78 Å². The summed E-state index contributed by atoms with van der Waals surface area (Å²) >= 11 is 0. The van der Waals surface area contributed by atoms with Crippen LogP contribution in [0, 0.1) is 0 Å². The maximum Gasteiger partial charge on any atom is 0.339 e. The molecule has 3 rings (SSSR count). The Labute approximate surface area is 149 Å². The van der Waals surface area contributed by atoms with Crippen LogP contribution in [0.2, 0.25) is 0 Å². The summed E-state index contributed by atoms with van der Waals surface area (Å²) in [5.74, 6) is -2.07. The third-order valence-corrected chi connectivity index (χ3v) is 4.28. The Morgan fingerprint density at radius 1 is 1.12 bits per heavy atom. The zero-order valence-corrected chi connectivity index (χ0v) is 14.3. The van der Waals surface area contributed by atoms with Crippen LogP contribution in [0.15, 0.2) is 33.5 Å². The molecular weight excluding hydrogens is 340 g/mol. The number of carbonyl (C=O) groups is 1. The molecule has 1 aromatic heterocycles. The number of aromatic hydroxyl groups is 2. The molecule has 0 saturated heterocycles. The molecule has 1 unspecified atom stereocenters. The van der Waals surface area contributed by atoms with Gasteiger partial charge < -0.3 is 24.5 Å². The number of aliphatic hydroxyl groups is 1. The third kappa shape index (κ3) is 3.72. The molecular formula is C19H20O7. The van der Waals surface area contributed by atoms with Crippen LogP contribution in [-0.2, 0) is 6.42 Å². The number of rotatable bonds is 5. The van der Waals surface area contributed by atoms with Crippen molar-refractivity contribution in [2.75, 3.05) is 0 Å². The zero-order valence-electron chi connectivity index (χ0n) is 14.3. The quantitative estimate of drug-likeness (QED) is 0.750. The molecule has 0 bridgehead atoms. The lowest BCUT2D eigenvalue weighted by Gasteiger charge is -2.34. The Kier molecular flexibility index (Phi) is 4.73. The number of hydrogen-bond acceptors (Lipinski definition) is 7. The van der Waals surface area contributed by atoms with E-state index in [-0.39, 0.29) is 47.2 Å². The van der Waals surface area contributed by atoms with E-state index in [2.05, 4.69) is 0 Å². The molecule has 1 aliphatic rings. The van der Waals surface area contributed by atoms with E-state index in [1.807, 2.05) is 6.92 Å². The lowest BCUT2D eigenvalue weighted by Crippen LogP contribution is -2.42. The Morgan fingerprint density at radius 3 is 2.54 bits per heavy atom. The summed E-state index contributed by atoms with van der Waals surface area (Å²) in [5, 5.41) is 30.1. The van der Waals surface area contributed by atoms with E-state index in [9.17, 15) is 24.9 Å². The van der Waals surface area contributed by atoms with Crippen LogP contribution in [0.25, 0.3) is 0 Å². The Hall–Kier alpha value is -2.80. The van der Waals surface area contributed by atoms with Crippen LogP contribution >= 0.6 is 0 Å². The molecule has 0 saturated carbocycles. The highest BCUT2D eigenvalue weighted by Crippen LogP contribution is 2.39. The number of carbonyl (C=O) groups excluding carboxylic acids is 1. The van der Waals surface area contributed by atoms with Crippen LogP contribution in [-0.4, -0.2) is 26.9 Å². The lowest BCUT2D eigenvalue weighted by molar-refractivity contribution is -0.145. The Morgan fingerprint density at radius 2 is 1.85 bits per heavy atom. The molecule has 0 amide bonds. The van der Waals surface area contributed by atoms with Crippen molar-refractivity contribution < 1.29 is 29.3 Å². The van der Waals surface area contributed by atoms with Crippen molar-refractivity contribution in [2.24, 2.45) is 0 Å². The smallest absolute Gasteiger partial charge is 0.339 e. The van der Waals surface area contributed by atoms with E-state index in [0.717, 1.165) is 12.5 Å². The third-order valence-electron chi connectivity index (χ3n) is 4.28. The molecule has 2 heterocycles. The number of unbranched alkanes of at least 4 members (excludes halogenated alkanes) is 1. The van der Waals surface area contributed by atoms with Gasteiger partial charge in [-0.25, -0.2) is 4.79 Å². The summed E-state index contributed by atoms with van der Waals surface area (Å²) in [4.78, 5) is 24.1. The molecule has 3 N–H and O–H groups in total. The second kappa shape index (κ2) is 6.84. The van der Waals surface area contributed by atoms with Crippen LogP contribution in [0.1, 0.15) is 54.3 Å². The van der Waals surface area contributed by atoms with Crippen molar-refractivity contribution in [3.8, 4) is 17.2 Å². The molecule has 0 radical (unpaired) electrons.